The van der Waals surface area contributed by atoms with Crippen LogP contribution >= 0.6 is 11.3 Å². The van der Waals surface area contributed by atoms with Crippen LogP contribution in [0.5, 0.6) is 0 Å². The van der Waals surface area contributed by atoms with Gasteiger partial charge in [-0.25, -0.2) is 4.39 Å². The smallest absolute Gasteiger partial charge is 0.291 e. The molecule has 2 aromatic heterocycles. The zero-order chi connectivity index (χ0) is 20.4. The van der Waals surface area contributed by atoms with Crippen molar-refractivity contribution in [2.45, 2.75) is 32.7 Å². The van der Waals surface area contributed by atoms with Crippen LogP contribution in [0.3, 0.4) is 0 Å². The Morgan fingerprint density at radius 3 is 2.72 bits per heavy atom. The van der Waals surface area contributed by atoms with Crippen molar-refractivity contribution in [2.24, 2.45) is 5.92 Å². The molecule has 1 aliphatic rings. The fourth-order valence-corrected chi connectivity index (χ4v) is 4.90. The van der Waals surface area contributed by atoms with Crippen molar-refractivity contribution < 1.29 is 13.6 Å². The van der Waals surface area contributed by atoms with Crippen LogP contribution in [0.2, 0.25) is 0 Å². The largest absolute Gasteiger partial charge is 0.459 e. The highest BCUT2D eigenvalue weighted by Crippen LogP contribution is 2.40. The Morgan fingerprint density at radius 2 is 2.03 bits per heavy atom. The molecule has 0 spiro atoms. The number of nitrogens with one attached hydrogen (secondary N) is 1. The Kier molecular flexibility index (Phi) is 5.83. The van der Waals surface area contributed by atoms with E-state index in [0.717, 1.165) is 46.9 Å². The quantitative estimate of drug-likeness (QED) is 0.571. The topological polar surface area (TPSA) is 45.5 Å². The molecule has 3 heterocycles. The van der Waals surface area contributed by atoms with Crippen molar-refractivity contribution in [2.75, 3.05) is 18.4 Å². The highest BCUT2D eigenvalue weighted by Gasteiger charge is 2.30. The van der Waals surface area contributed by atoms with Gasteiger partial charge in [0.2, 0.25) is 0 Å². The molecule has 4 nitrogen and oxygen atoms in total. The Balaban J connectivity index is 1.71. The fraction of sp³-hybridized carbons (Fsp3) is 0.348. The number of hydrogen-bond donors (Lipinski definition) is 1. The van der Waals surface area contributed by atoms with Gasteiger partial charge in [0.25, 0.3) is 5.91 Å². The Labute approximate surface area is 174 Å². The summed E-state index contributed by atoms with van der Waals surface area (Å²) in [5.74, 6) is 0.451. The summed E-state index contributed by atoms with van der Waals surface area (Å²) in [6, 6.07) is 12.1. The minimum absolute atomic E-state index is 0.102. The van der Waals surface area contributed by atoms with E-state index in [-0.39, 0.29) is 23.5 Å². The molecule has 1 aliphatic heterocycles. The van der Waals surface area contributed by atoms with Gasteiger partial charge < -0.3 is 9.73 Å². The van der Waals surface area contributed by atoms with E-state index in [1.165, 1.54) is 23.7 Å². The summed E-state index contributed by atoms with van der Waals surface area (Å²) in [6.45, 7) is 6.20. The number of halogens is 1. The second-order valence-electron chi connectivity index (χ2n) is 7.75. The maximum Gasteiger partial charge on any atom is 0.291 e. The zero-order valence-corrected chi connectivity index (χ0v) is 17.5. The molecule has 1 N–H and O–H groups in total. The molecule has 6 heteroatoms. The molecule has 1 amide bonds. The zero-order valence-electron chi connectivity index (χ0n) is 16.7. The van der Waals surface area contributed by atoms with E-state index in [0.29, 0.717) is 5.92 Å². The summed E-state index contributed by atoms with van der Waals surface area (Å²) >= 11 is 1.54. The second-order valence-corrected chi connectivity index (χ2v) is 9.01. The van der Waals surface area contributed by atoms with Crippen molar-refractivity contribution in [3.8, 4) is 0 Å². The van der Waals surface area contributed by atoms with Crippen LogP contribution in [0.15, 0.2) is 53.1 Å². The first-order chi connectivity index (χ1) is 14.0. The van der Waals surface area contributed by atoms with Gasteiger partial charge in [0.05, 0.1) is 12.3 Å². The lowest BCUT2D eigenvalue weighted by molar-refractivity contribution is 0.0996. The van der Waals surface area contributed by atoms with Crippen molar-refractivity contribution in [1.82, 2.24) is 4.90 Å². The number of carbonyl (C=O) groups is 1. The van der Waals surface area contributed by atoms with Gasteiger partial charge in [-0.1, -0.05) is 19.1 Å². The van der Waals surface area contributed by atoms with Crippen LogP contribution in [-0.2, 0) is 0 Å². The number of furan rings is 1. The average molecular weight is 413 g/mol. The van der Waals surface area contributed by atoms with Gasteiger partial charge >= 0.3 is 0 Å². The summed E-state index contributed by atoms with van der Waals surface area (Å²) in [6.07, 6.45) is 3.71. The average Bonchev–Trinajstić information content (AvgIpc) is 3.34. The molecular formula is C23H25FN2O2S. The molecule has 1 fully saturated rings. The first kappa shape index (κ1) is 19.9. The molecule has 0 aliphatic carbocycles. The normalized spacial score (nSPS) is 16.7. The van der Waals surface area contributed by atoms with Crippen LogP contribution in [0.4, 0.5) is 9.39 Å². The number of rotatable bonds is 5. The first-order valence-electron chi connectivity index (χ1n) is 9.96. The van der Waals surface area contributed by atoms with Crippen LogP contribution in [0.25, 0.3) is 0 Å². The summed E-state index contributed by atoms with van der Waals surface area (Å²) in [5.41, 5.74) is 1.92. The molecule has 1 aromatic carbocycles. The van der Waals surface area contributed by atoms with Gasteiger partial charge in [0.15, 0.2) is 5.76 Å². The predicted octanol–water partition coefficient (Wildman–Crippen LogP) is 5.86. The van der Waals surface area contributed by atoms with Crippen LogP contribution in [0.1, 0.15) is 52.4 Å². The summed E-state index contributed by atoms with van der Waals surface area (Å²) in [4.78, 5) is 16.1. The molecule has 1 atom stereocenters. The minimum atomic E-state index is -0.275. The number of benzene rings is 1. The van der Waals surface area contributed by atoms with E-state index >= 15 is 0 Å². The van der Waals surface area contributed by atoms with Gasteiger partial charge in [-0.05, 0) is 74.7 Å². The number of likely N-dealkylation sites (tertiary alicyclic amines) is 1. The Bertz CT molecular complexity index is 975. The minimum Gasteiger partial charge on any atom is -0.459 e. The predicted molar refractivity (Wildman–Crippen MR) is 114 cm³/mol. The number of nitrogens with zero attached hydrogens (tertiary/aromatic N) is 1. The second kappa shape index (κ2) is 8.51. The fourth-order valence-electron chi connectivity index (χ4n) is 3.96. The number of anilines is 1. The van der Waals surface area contributed by atoms with Crippen molar-refractivity contribution >= 4 is 22.2 Å². The summed E-state index contributed by atoms with van der Waals surface area (Å²) < 4.78 is 19.3. The number of aryl methyl sites for hydroxylation is 1. The molecule has 0 radical (unpaired) electrons. The molecule has 1 unspecified atom stereocenters. The number of thiophene rings is 1. The van der Waals surface area contributed by atoms with Crippen LogP contribution < -0.4 is 5.32 Å². The summed E-state index contributed by atoms with van der Waals surface area (Å²) in [7, 11) is 0. The first-order valence-corrected chi connectivity index (χ1v) is 10.8. The lowest BCUT2D eigenvalue weighted by Gasteiger charge is -2.37. The van der Waals surface area contributed by atoms with Gasteiger partial charge in [-0.2, -0.15) is 0 Å². The molecule has 0 bridgehead atoms. The lowest BCUT2D eigenvalue weighted by atomic mass is 9.92. The van der Waals surface area contributed by atoms with Gasteiger partial charge in [-0.15, -0.1) is 11.3 Å². The molecular weight excluding hydrogens is 387 g/mol. The van der Waals surface area contributed by atoms with E-state index in [1.54, 1.807) is 24.3 Å². The molecule has 4 rings (SSSR count). The molecule has 1 saturated heterocycles. The van der Waals surface area contributed by atoms with Gasteiger partial charge in [-0.3, -0.25) is 9.69 Å². The highest BCUT2D eigenvalue weighted by atomic mass is 32.1. The van der Waals surface area contributed by atoms with E-state index in [1.807, 2.05) is 13.0 Å². The van der Waals surface area contributed by atoms with Crippen LogP contribution in [0, 0.1) is 18.7 Å². The Morgan fingerprint density at radius 1 is 1.24 bits per heavy atom. The molecule has 29 heavy (non-hydrogen) atoms. The van der Waals surface area contributed by atoms with Crippen molar-refractivity contribution in [3.05, 3.63) is 76.3 Å². The standard InChI is InChI=1S/C23H25FN2O2S/c1-15-8-10-26(11-9-15)21(17-5-3-6-18(24)14-17)19-13-16(2)29-23(19)25-22(27)20-7-4-12-28-20/h3-7,12-15,21H,8-11H2,1-2H3,(H,25,27). The maximum absolute atomic E-state index is 14.1. The SMILES string of the molecule is Cc1cc(C(c2cccc(F)c2)N2CCC(C)CC2)c(NC(=O)c2ccco2)s1. The van der Waals surface area contributed by atoms with Crippen molar-refractivity contribution in [1.29, 1.82) is 0 Å². The van der Waals surface area contributed by atoms with Crippen molar-refractivity contribution in [3.63, 3.8) is 0 Å². The van der Waals surface area contributed by atoms with E-state index < -0.39 is 0 Å². The molecule has 0 saturated carbocycles. The number of piperidine rings is 1. The Hall–Kier alpha value is -2.44. The third-order valence-corrected chi connectivity index (χ3v) is 6.48. The highest BCUT2D eigenvalue weighted by molar-refractivity contribution is 7.16. The monoisotopic (exact) mass is 412 g/mol. The van der Waals surface area contributed by atoms with E-state index in [4.69, 9.17) is 4.42 Å². The number of carbonyl (C=O) groups excluding carboxylic acids is 1. The molecule has 152 valence electrons. The third kappa shape index (κ3) is 4.43. The number of hydrogen-bond acceptors (Lipinski definition) is 4. The maximum atomic E-state index is 14.1. The van der Waals surface area contributed by atoms with E-state index in [2.05, 4.69) is 23.2 Å². The van der Waals surface area contributed by atoms with Gasteiger partial charge in [0, 0.05) is 10.4 Å². The molecule has 3 aromatic rings. The third-order valence-electron chi connectivity index (χ3n) is 5.50. The van der Waals surface area contributed by atoms with E-state index in [9.17, 15) is 9.18 Å². The summed E-state index contributed by atoms with van der Waals surface area (Å²) in [5, 5.41) is 3.80. The van der Waals surface area contributed by atoms with Gasteiger partial charge in [0.1, 0.15) is 10.8 Å². The lowest BCUT2D eigenvalue weighted by Crippen LogP contribution is -2.37. The number of amides is 1. The van der Waals surface area contributed by atoms with Crippen LogP contribution in [-0.4, -0.2) is 23.9 Å².